The third kappa shape index (κ3) is 4.05. The number of rotatable bonds is 6. The van der Waals surface area contributed by atoms with E-state index in [0.29, 0.717) is 5.92 Å². The number of nitrogens with zero attached hydrogens (tertiary/aromatic N) is 1. The summed E-state index contributed by atoms with van der Waals surface area (Å²) in [5.74, 6) is 0.626. The standard InChI is InChI=1S/C14H24N2OS/c1-12(2)7-16(8-13-3-6-18-9-13)11-14(17)4-5-15-10-14/h3,6,9,12,15,17H,4-5,7-8,10-11H2,1-2H3. The van der Waals surface area contributed by atoms with Crippen LogP contribution in [0, 0.1) is 5.92 Å². The molecule has 0 bridgehead atoms. The van der Waals surface area contributed by atoms with Crippen LogP contribution in [0.2, 0.25) is 0 Å². The Morgan fingerprint density at radius 1 is 1.56 bits per heavy atom. The monoisotopic (exact) mass is 268 g/mol. The van der Waals surface area contributed by atoms with Crippen molar-refractivity contribution in [2.24, 2.45) is 5.92 Å². The predicted molar refractivity (Wildman–Crippen MR) is 76.9 cm³/mol. The van der Waals surface area contributed by atoms with E-state index in [4.69, 9.17) is 0 Å². The van der Waals surface area contributed by atoms with Crippen molar-refractivity contribution < 1.29 is 5.11 Å². The quantitative estimate of drug-likeness (QED) is 0.827. The number of hydrogen-bond donors (Lipinski definition) is 2. The number of hydrogen-bond acceptors (Lipinski definition) is 4. The van der Waals surface area contributed by atoms with E-state index in [-0.39, 0.29) is 0 Å². The minimum Gasteiger partial charge on any atom is -0.387 e. The minimum absolute atomic E-state index is 0.537. The first kappa shape index (κ1) is 14.0. The van der Waals surface area contributed by atoms with E-state index in [0.717, 1.165) is 39.1 Å². The first-order valence-electron chi connectivity index (χ1n) is 6.74. The molecule has 0 aromatic carbocycles. The third-order valence-corrected chi connectivity index (χ3v) is 4.08. The molecule has 3 nitrogen and oxygen atoms in total. The predicted octanol–water partition coefficient (Wildman–Crippen LogP) is 1.93. The summed E-state index contributed by atoms with van der Waals surface area (Å²) < 4.78 is 0. The van der Waals surface area contributed by atoms with Gasteiger partial charge in [0.1, 0.15) is 0 Å². The Kier molecular flexibility index (Phi) is 4.78. The molecule has 2 N–H and O–H groups in total. The average Bonchev–Trinajstić information content (AvgIpc) is 2.89. The maximum atomic E-state index is 10.5. The van der Waals surface area contributed by atoms with E-state index in [1.165, 1.54) is 5.56 Å². The molecule has 1 aliphatic rings. The van der Waals surface area contributed by atoms with Gasteiger partial charge in [-0.3, -0.25) is 4.90 Å². The van der Waals surface area contributed by atoms with Crippen molar-refractivity contribution in [2.75, 3.05) is 26.2 Å². The lowest BCUT2D eigenvalue weighted by molar-refractivity contribution is 0.0150. The molecular weight excluding hydrogens is 244 g/mol. The average molecular weight is 268 g/mol. The second-order valence-electron chi connectivity index (χ2n) is 5.85. The topological polar surface area (TPSA) is 35.5 Å². The lowest BCUT2D eigenvalue weighted by atomic mass is 10.0. The highest BCUT2D eigenvalue weighted by atomic mass is 32.1. The summed E-state index contributed by atoms with van der Waals surface area (Å²) in [6, 6.07) is 2.18. The molecule has 0 saturated carbocycles. The van der Waals surface area contributed by atoms with Crippen molar-refractivity contribution in [3.63, 3.8) is 0 Å². The van der Waals surface area contributed by atoms with Crippen molar-refractivity contribution in [1.82, 2.24) is 10.2 Å². The normalized spacial score (nSPS) is 24.3. The fourth-order valence-corrected chi connectivity index (χ4v) is 3.28. The fraction of sp³-hybridized carbons (Fsp3) is 0.714. The molecule has 2 rings (SSSR count). The van der Waals surface area contributed by atoms with Gasteiger partial charge in [0.2, 0.25) is 0 Å². The smallest absolute Gasteiger partial charge is 0.0909 e. The molecule has 1 unspecified atom stereocenters. The maximum Gasteiger partial charge on any atom is 0.0909 e. The van der Waals surface area contributed by atoms with Gasteiger partial charge in [0.15, 0.2) is 0 Å². The van der Waals surface area contributed by atoms with E-state index >= 15 is 0 Å². The summed E-state index contributed by atoms with van der Waals surface area (Å²) in [5, 5.41) is 18.1. The van der Waals surface area contributed by atoms with Crippen LogP contribution >= 0.6 is 11.3 Å². The molecule has 1 saturated heterocycles. The summed E-state index contributed by atoms with van der Waals surface area (Å²) in [7, 11) is 0. The molecule has 1 fully saturated rings. The zero-order chi connectivity index (χ0) is 13.0. The van der Waals surface area contributed by atoms with E-state index < -0.39 is 5.60 Å². The van der Waals surface area contributed by atoms with Crippen molar-refractivity contribution in [3.05, 3.63) is 22.4 Å². The van der Waals surface area contributed by atoms with Gasteiger partial charge in [-0.2, -0.15) is 11.3 Å². The van der Waals surface area contributed by atoms with Gasteiger partial charge < -0.3 is 10.4 Å². The van der Waals surface area contributed by atoms with Gasteiger partial charge in [-0.25, -0.2) is 0 Å². The van der Waals surface area contributed by atoms with E-state index in [9.17, 15) is 5.11 Å². The molecule has 1 aliphatic heterocycles. The SMILES string of the molecule is CC(C)CN(Cc1ccsc1)CC1(O)CCNC1. The molecule has 0 aliphatic carbocycles. The Balaban J connectivity index is 1.96. The number of nitrogens with one attached hydrogen (secondary N) is 1. The molecule has 102 valence electrons. The van der Waals surface area contributed by atoms with E-state index in [1.807, 2.05) is 0 Å². The van der Waals surface area contributed by atoms with Crippen molar-refractivity contribution in [2.45, 2.75) is 32.4 Å². The van der Waals surface area contributed by atoms with Crippen molar-refractivity contribution in [3.8, 4) is 0 Å². The van der Waals surface area contributed by atoms with Crippen LogP contribution in [0.5, 0.6) is 0 Å². The van der Waals surface area contributed by atoms with Crippen LogP contribution in [0.4, 0.5) is 0 Å². The molecule has 4 heteroatoms. The molecule has 1 aromatic rings. The van der Waals surface area contributed by atoms with Gasteiger partial charge in [-0.05, 0) is 41.3 Å². The van der Waals surface area contributed by atoms with Gasteiger partial charge in [0.05, 0.1) is 5.60 Å². The lowest BCUT2D eigenvalue weighted by Gasteiger charge is -2.31. The second-order valence-corrected chi connectivity index (χ2v) is 6.63. The first-order chi connectivity index (χ1) is 8.57. The zero-order valence-corrected chi connectivity index (χ0v) is 12.2. The summed E-state index contributed by atoms with van der Waals surface area (Å²) in [6.45, 7) is 8.89. The van der Waals surface area contributed by atoms with Gasteiger partial charge in [-0.15, -0.1) is 0 Å². The Bertz CT molecular complexity index is 345. The Morgan fingerprint density at radius 3 is 2.94 bits per heavy atom. The summed E-state index contributed by atoms with van der Waals surface area (Å²) in [4.78, 5) is 2.39. The summed E-state index contributed by atoms with van der Waals surface area (Å²) in [6.07, 6.45) is 0.866. The van der Waals surface area contributed by atoms with E-state index in [1.54, 1.807) is 11.3 Å². The number of β-amino-alcohol motifs (C(OH)–C–C–N with tert-alkyl or cyclic N) is 1. The molecule has 0 spiro atoms. The third-order valence-electron chi connectivity index (χ3n) is 3.35. The Labute approximate surface area is 114 Å². The van der Waals surface area contributed by atoms with Crippen molar-refractivity contribution in [1.29, 1.82) is 0 Å². The largest absolute Gasteiger partial charge is 0.387 e. The Morgan fingerprint density at radius 2 is 2.39 bits per heavy atom. The highest BCUT2D eigenvalue weighted by molar-refractivity contribution is 7.07. The maximum absolute atomic E-state index is 10.5. The van der Waals surface area contributed by atoms with Crippen molar-refractivity contribution >= 4 is 11.3 Å². The molecule has 0 amide bonds. The van der Waals surface area contributed by atoms with Gasteiger partial charge in [-0.1, -0.05) is 13.8 Å². The highest BCUT2D eigenvalue weighted by Gasteiger charge is 2.33. The second kappa shape index (κ2) is 6.15. The van der Waals surface area contributed by atoms with Crippen LogP contribution in [0.1, 0.15) is 25.8 Å². The highest BCUT2D eigenvalue weighted by Crippen LogP contribution is 2.19. The summed E-state index contributed by atoms with van der Waals surface area (Å²) in [5.41, 5.74) is 0.820. The van der Waals surface area contributed by atoms with E-state index in [2.05, 4.69) is 40.9 Å². The Hall–Kier alpha value is -0.420. The summed E-state index contributed by atoms with van der Waals surface area (Å²) >= 11 is 1.74. The molecule has 1 aromatic heterocycles. The number of aliphatic hydroxyl groups is 1. The van der Waals surface area contributed by atoms with Gasteiger partial charge in [0, 0.05) is 26.2 Å². The van der Waals surface area contributed by atoms with Gasteiger partial charge >= 0.3 is 0 Å². The molecule has 0 radical (unpaired) electrons. The fourth-order valence-electron chi connectivity index (χ4n) is 2.62. The first-order valence-corrected chi connectivity index (χ1v) is 7.68. The molecule has 18 heavy (non-hydrogen) atoms. The van der Waals surface area contributed by atoms with Crippen LogP contribution < -0.4 is 5.32 Å². The van der Waals surface area contributed by atoms with Crippen LogP contribution in [-0.4, -0.2) is 41.8 Å². The lowest BCUT2D eigenvalue weighted by Crippen LogP contribution is -2.45. The molecule has 1 atom stereocenters. The molecule has 2 heterocycles. The van der Waals surface area contributed by atoms with Gasteiger partial charge in [0.25, 0.3) is 0 Å². The van der Waals surface area contributed by atoms with Crippen LogP contribution in [0.15, 0.2) is 16.8 Å². The van der Waals surface area contributed by atoms with Crippen LogP contribution in [0.25, 0.3) is 0 Å². The zero-order valence-electron chi connectivity index (χ0n) is 11.4. The molecular formula is C14H24N2OS. The number of thiophene rings is 1. The van der Waals surface area contributed by atoms with Crippen LogP contribution in [-0.2, 0) is 6.54 Å². The van der Waals surface area contributed by atoms with Crippen LogP contribution in [0.3, 0.4) is 0 Å². The minimum atomic E-state index is -0.537.